The van der Waals surface area contributed by atoms with Crippen molar-refractivity contribution in [3.8, 4) is 0 Å². The van der Waals surface area contributed by atoms with Gasteiger partial charge in [-0.05, 0) is 30.0 Å². The zero-order valence-electron chi connectivity index (χ0n) is 12.5. The molecule has 1 aliphatic heterocycles. The highest BCUT2D eigenvalue weighted by atomic mass is 32.2. The highest BCUT2D eigenvalue weighted by Gasteiger charge is 2.40. The van der Waals surface area contributed by atoms with E-state index in [0.29, 0.717) is 21.9 Å². The maximum atomic E-state index is 12.9. The van der Waals surface area contributed by atoms with Crippen LogP contribution in [0.3, 0.4) is 0 Å². The minimum atomic E-state index is -0.314. The number of aliphatic hydroxyl groups excluding tert-OH is 1. The molecule has 4 nitrogen and oxygen atoms in total. The molecule has 2 aromatic rings. The molecular weight excluding hydrogens is 330 g/mol. The molecule has 1 aromatic carbocycles. The predicted octanol–water partition coefficient (Wildman–Crippen LogP) is 3.07. The van der Waals surface area contributed by atoms with Crippen LogP contribution in [0.4, 0.5) is 5.69 Å². The number of aliphatic hydroxyl groups is 1. The van der Waals surface area contributed by atoms with E-state index >= 15 is 0 Å². The van der Waals surface area contributed by atoms with E-state index in [1.165, 1.54) is 28.0 Å². The molecule has 1 aromatic heterocycles. The Bertz CT molecular complexity index is 781. The van der Waals surface area contributed by atoms with Crippen molar-refractivity contribution in [3.05, 3.63) is 57.1 Å². The summed E-state index contributed by atoms with van der Waals surface area (Å²) in [6, 6.07) is 11.0. The first-order valence-electron chi connectivity index (χ1n) is 7.11. The van der Waals surface area contributed by atoms with Gasteiger partial charge in [-0.2, -0.15) is 0 Å². The molecule has 0 saturated carbocycles. The minimum Gasteiger partial charge on any atom is -0.396 e. The number of imide groups is 1. The fourth-order valence-electron chi connectivity index (χ4n) is 2.46. The van der Waals surface area contributed by atoms with Crippen molar-refractivity contribution in [2.45, 2.75) is 6.92 Å². The SMILES string of the molecule is Cc1ccccc1N1C(=O)C(SCCO)=C(c2cccs2)C1=O. The second-order valence-corrected chi connectivity index (χ2v) is 7.04. The number of para-hydroxylation sites is 1. The summed E-state index contributed by atoms with van der Waals surface area (Å²) in [7, 11) is 0. The number of benzene rings is 1. The lowest BCUT2D eigenvalue weighted by atomic mass is 10.1. The second kappa shape index (κ2) is 6.70. The van der Waals surface area contributed by atoms with Gasteiger partial charge < -0.3 is 5.11 Å². The number of thioether (sulfide) groups is 1. The molecule has 0 saturated heterocycles. The number of nitrogens with zero attached hydrogens (tertiary/aromatic N) is 1. The third kappa shape index (κ3) is 2.85. The van der Waals surface area contributed by atoms with Crippen molar-refractivity contribution in [3.63, 3.8) is 0 Å². The van der Waals surface area contributed by atoms with Crippen LogP contribution in [0.15, 0.2) is 46.7 Å². The van der Waals surface area contributed by atoms with Crippen molar-refractivity contribution in [2.24, 2.45) is 0 Å². The minimum absolute atomic E-state index is 0.0439. The van der Waals surface area contributed by atoms with Gasteiger partial charge in [0.15, 0.2) is 0 Å². The van der Waals surface area contributed by atoms with Gasteiger partial charge in [0, 0.05) is 10.6 Å². The van der Waals surface area contributed by atoms with Crippen LogP contribution < -0.4 is 4.90 Å². The first-order chi connectivity index (χ1) is 11.1. The lowest BCUT2D eigenvalue weighted by Gasteiger charge is -2.17. The van der Waals surface area contributed by atoms with E-state index in [9.17, 15) is 9.59 Å². The van der Waals surface area contributed by atoms with Crippen LogP contribution >= 0.6 is 23.1 Å². The Kier molecular flexibility index (Phi) is 4.66. The van der Waals surface area contributed by atoms with Crippen LogP contribution in [0, 0.1) is 6.92 Å². The quantitative estimate of drug-likeness (QED) is 0.846. The maximum Gasteiger partial charge on any atom is 0.272 e. The molecule has 23 heavy (non-hydrogen) atoms. The van der Waals surface area contributed by atoms with E-state index < -0.39 is 0 Å². The van der Waals surface area contributed by atoms with E-state index in [4.69, 9.17) is 5.11 Å². The number of amides is 2. The Balaban J connectivity index is 2.07. The van der Waals surface area contributed by atoms with Gasteiger partial charge in [0.25, 0.3) is 11.8 Å². The van der Waals surface area contributed by atoms with E-state index in [-0.39, 0.29) is 18.4 Å². The van der Waals surface area contributed by atoms with Gasteiger partial charge in [0.2, 0.25) is 0 Å². The molecule has 2 amide bonds. The van der Waals surface area contributed by atoms with Crippen molar-refractivity contribution >= 4 is 46.2 Å². The third-order valence-electron chi connectivity index (χ3n) is 3.50. The zero-order chi connectivity index (χ0) is 16.4. The number of aryl methyl sites for hydroxylation is 1. The lowest BCUT2D eigenvalue weighted by Crippen LogP contribution is -2.31. The maximum absolute atomic E-state index is 12.9. The van der Waals surface area contributed by atoms with Crippen LogP contribution in [-0.2, 0) is 9.59 Å². The number of hydrogen-bond donors (Lipinski definition) is 1. The molecule has 3 rings (SSSR count). The van der Waals surface area contributed by atoms with Gasteiger partial charge in [-0.3, -0.25) is 9.59 Å². The number of rotatable bonds is 5. The standard InChI is InChI=1S/C17H15NO3S2/c1-11-5-2-3-6-12(11)18-16(20)14(13-7-4-9-22-13)15(17(18)21)23-10-8-19/h2-7,9,19H,8,10H2,1H3. The van der Waals surface area contributed by atoms with Crippen LogP contribution in [0.1, 0.15) is 10.4 Å². The highest BCUT2D eigenvalue weighted by Crippen LogP contribution is 2.40. The Morgan fingerprint density at radius 1 is 1.13 bits per heavy atom. The first-order valence-corrected chi connectivity index (χ1v) is 8.98. The summed E-state index contributed by atoms with van der Waals surface area (Å²) in [5.41, 5.74) is 1.91. The summed E-state index contributed by atoms with van der Waals surface area (Å²) < 4.78 is 0. The largest absolute Gasteiger partial charge is 0.396 e. The number of anilines is 1. The van der Waals surface area contributed by atoms with Gasteiger partial charge in [-0.1, -0.05) is 24.3 Å². The van der Waals surface area contributed by atoms with E-state index in [2.05, 4.69) is 0 Å². The van der Waals surface area contributed by atoms with Gasteiger partial charge in [0.1, 0.15) is 0 Å². The smallest absolute Gasteiger partial charge is 0.272 e. The van der Waals surface area contributed by atoms with Crippen molar-refractivity contribution in [1.82, 2.24) is 0 Å². The number of thiophene rings is 1. The summed E-state index contributed by atoms with van der Waals surface area (Å²) in [5.74, 6) is -0.233. The molecule has 0 bridgehead atoms. The molecule has 0 atom stereocenters. The van der Waals surface area contributed by atoms with Gasteiger partial charge in [-0.15, -0.1) is 23.1 Å². The summed E-state index contributed by atoms with van der Waals surface area (Å²) in [6.07, 6.45) is 0. The summed E-state index contributed by atoms with van der Waals surface area (Å²) in [4.78, 5) is 28.2. The summed E-state index contributed by atoms with van der Waals surface area (Å²) in [6.45, 7) is 1.83. The Morgan fingerprint density at radius 2 is 1.91 bits per heavy atom. The Hall–Kier alpha value is -1.89. The molecular formula is C17H15NO3S2. The normalized spacial score (nSPS) is 15.0. The molecule has 2 heterocycles. The average Bonchev–Trinajstić information content (AvgIpc) is 3.13. The molecule has 118 valence electrons. The molecule has 0 spiro atoms. The van der Waals surface area contributed by atoms with Gasteiger partial charge >= 0.3 is 0 Å². The fourth-order valence-corrected chi connectivity index (χ4v) is 4.15. The Labute approximate surface area is 142 Å². The summed E-state index contributed by atoms with van der Waals surface area (Å²) in [5, 5.41) is 11.0. The third-order valence-corrected chi connectivity index (χ3v) is 5.44. The molecule has 0 unspecified atom stereocenters. The topological polar surface area (TPSA) is 57.6 Å². The number of carbonyl (C=O) groups is 2. The zero-order valence-corrected chi connectivity index (χ0v) is 14.1. The number of carbonyl (C=O) groups excluding carboxylic acids is 2. The van der Waals surface area contributed by atoms with Gasteiger partial charge in [-0.25, -0.2) is 4.90 Å². The molecule has 1 aliphatic rings. The lowest BCUT2D eigenvalue weighted by molar-refractivity contribution is -0.119. The molecule has 1 N–H and O–H groups in total. The van der Waals surface area contributed by atoms with Crippen LogP contribution in [0.25, 0.3) is 5.57 Å². The highest BCUT2D eigenvalue weighted by molar-refractivity contribution is 8.04. The van der Waals surface area contributed by atoms with Crippen LogP contribution in [-0.4, -0.2) is 29.3 Å². The van der Waals surface area contributed by atoms with E-state index in [1.54, 1.807) is 6.07 Å². The summed E-state index contributed by atoms with van der Waals surface area (Å²) >= 11 is 2.66. The first kappa shape index (κ1) is 16.0. The van der Waals surface area contributed by atoms with Crippen molar-refractivity contribution in [2.75, 3.05) is 17.3 Å². The number of hydrogen-bond acceptors (Lipinski definition) is 5. The molecule has 0 fully saturated rings. The Morgan fingerprint density at radius 3 is 2.57 bits per heavy atom. The van der Waals surface area contributed by atoms with Gasteiger partial charge in [0.05, 0.1) is 22.8 Å². The monoisotopic (exact) mass is 345 g/mol. The van der Waals surface area contributed by atoms with Crippen molar-refractivity contribution in [1.29, 1.82) is 0 Å². The van der Waals surface area contributed by atoms with Crippen molar-refractivity contribution < 1.29 is 14.7 Å². The fraction of sp³-hybridized carbons (Fsp3) is 0.176. The van der Waals surface area contributed by atoms with Crippen LogP contribution in [0.2, 0.25) is 0 Å². The average molecular weight is 345 g/mol. The molecule has 0 aliphatic carbocycles. The van der Waals surface area contributed by atoms with Crippen LogP contribution in [0.5, 0.6) is 0 Å². The van der Waals surface area contributed by atoms with E-state index in [0.717, 1.165) is 10.4 Å². The van der Waals surface area contributed by atoms with E-state index in [1.807, 2.05) is 42.6 Å². The molecule has 6 heteroatoms. The molecule has 0 radical (unpaired) electrons. The predicted molar refractivity (Wildman–Crippen MR) is 94.5 cm³/mol. The second-order valence-electron chi connectivity index (χ2n) is 4.99.